The zero-order chi connectivity index (χ0) is 19.5. The lowest BCUT2D eigenvalue weighted by molar-refractivity contribution is -0.127. The molecule has 1 aliphatic rings. The number of nitrogens with zero attached hydrogens (tertiary/aromatic N) is 3. The van der Waals surface area contributed by atoms with E-state index in [9.17, 15) is 4.79 Å². The highest BCUT2D eigenvalue weighted by atomic mass is 16.2. The Morgan fingerprint density at radius 3 is 2.50 bits per heavy atom. The predicted octanol–water partition coefficient (Wildman–Crippen LogP) is 4.96. The number of carbonyl (C=O) groups is 1. The van der Waals surface area contributed by atoms with Gasteiger partial charge in [-0.15, -0.1) is 0 Å². The van der Waals surface area contributed by atoms with Gasteiger partial charge in [-0.1, -0.05) is 50.2 Å². The molecule has 142 valence electrons. The van der Waals surface area contributed by atoms with Gasteiger partial charge in [0.05, 0.1) is 22.9 Å². The summed E-state index contributed by atoms with van der Waals surface area (Å²) in [7, 11) is 0. The third kappa shape index (κ3) is 4.28. The van der Waals surface area contributed by atoms with Crippen molar-refractivity contribution in [3.05, 3.63) is 77.6 Å². The number of hydrogen-bond acceptors (Lipinski definition) is 3. The van der Waals surface area contributed by atoms with Crippen LogP contribution < -0.4 is 0 Å². The molecule has 0 unspecified atom stereocenters. The number of fused-ring (bicyclic) bond motifs is 1. The van der Waals surface area contributed by atoms with E-state index < -0.39 is 0 Å². The average Bonchev–Trinajstić information content (AvgIpc) is 3.55. The molecule has 1 aliphatic carbocycles. The third-order valence-electron chi connectivity index (χ3n) is 5.13. The average molecular weight is 371 g/mol. The molecule has 1 heterocycles. The van der Waals surface area contributed by atoms with Crippen LogP contribution in [-0.4, -0.2) is 26.8 Å². The first kappa shape index (κ1) is 18.4. The molecule has 0 spiro atoms. The molecule has 0 saturated heterocycles. The van der Waals surface area contributed by atoms with Crippen LogP contribution >= 0.6 is 0 Å². The van der Waals surface area contributed by atoms with E-state index >= 15 is 0 Å². The van der Waals surface area contributed by atoms with E-state index in [2.05, 4.69) is 48.1 Å². The lowest BCUT2D eigenvalue weighted by Gasteiger charge is -2.21. The monoisotopic (exact) mass is 371 g/mol. The molecule has 2 aromatic carbocycles. The number of amides is 1. The van der Waals surface area contributed by atoms with Crippen LogP contribution in [0.2, 0.25) is 0 Å². The molecule has 4 heteroatoms. The number of aromatic nitrogens is 2. The SMILES string of the molecule is CC(C)c1ccc(CN(C(=O)/C=C/c2cnc3ccccc3n2)C2CC2)cc1. The van der Waals surface area contributed by atoms with Gasteiger partial charge in [-0.05, 0) is 48.1 Å². The quantitative estimate of drug-likeness (QED) is 0.576. The Hall–Kier alpha value is -3.01. The Kier molecular flexibility index (Phi) is 5.20. The molecule has 4 rings (SSSR count). The number of carbonyl (C=O) groups excluding carboxylic acids is 1. The molecule has 0 N–H and O–H groups in total. The van der Waals surface area contributed by atoms with Crippen molar-refractivity contribution in [2.75, 3.05) is 0 Å². The minimum absolute atomic E-state index is 0.0328. The third-order valence-corrected chi connectivity index (χ3v) is 5.13. The van der Waals surface area contributed by atoms with Gasteiger partial charge in [0.2, 0.25) is 5.91 Å². The lowest BCUT2D eigenvalue weighted by atomic mass is 10.0. The van der Waals surface area contributed by atoms with E-state index in [4.69, 9.17) is 0 Å². The van der Waals surface area contributed by atoms with Crippen LogP contribution in [0.5, 0.6) is 0 Å². The molecule has 28 heavy (non-hydrogen) atoms. The zero-order valence-corrected chi connectivity index (χ0v) is 16.4. The topological polar surface area (TPSA) is 46.1 Å². The van der Waals surface area contributed by atoms with E-state index in [1.807, 2.05) is 29.2 Å². The van der Waals surface area contributed by atoms with E-state index in [1.165, 1.54) is 11.1 Å². The Morgan fingerprint density at radius 2 is 1.82 bits per heavy atom. The Balaban J connectivity index is 1.47. The van der Waals surface area contributed by atoms with Crippen molar-refractivity contribution in [3.8, 4) is 0 Å². The molecule has 0 bridgehead atoms. The van der Waals surface area contributed by atoms with Gasteiger partial charge in [0.15, 0.2) is 0 Å². The number of rotatable bonds is 6. The van der Waals surface area contributed by atoms with Gasteiger partial charge in [-0.3, -0.25) is 9.78 Å². The van der Waals surface area contributed by atoms with E-state index in [0.29, 0.717) is 24.2 Å². The number of benzene rings is 2. The molecule has 0 radical (unpaired) electrons. The highest BCUT2D eigenvalue weighted by Gasteiger charge is 2.31. The lowest BCUT2D eigenvalue weighted by Crippen LogP contribution is -2.31. The van der Waals surface area contributed by atoms with Gasteiger partial charge >= 0.3 is 0 Å². The second-order valence-electron chi connectivity index (χ2n) is 7.71. The zero-order valence-electron chi connectivity index (χ0n) is 16.4. The van der Waals surface area contributed by atoms with E-state index in [1.54, 1.807) is 18.3 Å². The van der Waals surface area contributed by atoms with Crippen molar-refractivity contribution >= 4 is 23.0 Å². The fourth-order valence-corrected chi connectivity index (χ4v) is 3.28. The summed E-state index contributed by atoms with van der Waals surface area (Å²) in [4.78, 5) is 23.8. The van der Waals surface area contributed by atoms with Crippen molar-refractivity contribution in [1.29, 1.82) is 0 Å². The number of para-hydroxylation sites is 2. The summed E-state index contributed by atoms with van der Waals surface area (Å²) >= 11 is 0. The fourth-order valence-electron chi connectivity index (χ4n) is 3.28. The maximum Gasteiger partial charge on any atom is 0.247 e. The smallest absolute Gasteiger partial charge is 0.247 e. The van der Waals surface area contributed by atoms with E-state index in [-0.39, 0.29) is 5.91 Å². The summed E-state index contributed by atoms with van der Waals surface area (Å²) in [5, 5.41) is 0. The summed E-state index contributed by atoms with van der Waals surface area (Å²) in [5.41, 5.74) is 4.88. The molecule has 1 aromatic heterocycles. The molecule has 0 atom stereocenters. The highest BCUT2D eigenvalue weighted by molar-refractivity contribution is 5.92. The molecular formula is C24H25N3O. The molecule has 4 nitrogen and oxygen atoms in total. The Bertz CT molecular complexity index is 1000. The maximum absolute atomic E-state index is 12.8. The van der Waals surface area contributed by atoms with Crippen molar-refractivity contribution in [2.45, 2.75) is 45.2 Å². The van der Waals surface area contributed by atoms with Crippen molar-refractivity contribution in [3.63, 3.8) is 0 Å². The first-order valence-corrected chi connectivity index (χ1v) is 9.89. The molecular weight excluding hydrogens is 346 g/mol. The van der Waals surface area contributed by atoms with Crippen molar-refractivity contribution in [2.24, 2.45) is 0 Å². The molecule has 1 fully saturated rings. The predicted molar refractivity (Wildman–Crippen MR) is 113 cm³/mol. The molecule has 0 aliphatic heterocycles. The largest absolute Gasteiger partial charge is 0.332 e. The van der Waals surface area contributed by atoms with Crippen LogP contribution in [0.4, 0.5) is 0 Å². The minimum Gasteiger partial charge on any atom is -0.332 e. The fraction of sp³-hybridized carbons (Fsp3) is 0.292. The van der Waals surface area contributed by atoms with Crippen LogP contribution in [0, 0.1) is 0 Å². The first-order chi connectivity index (χ1) is 13.6. The summed E-state index contributed by atoms with van der Waals surface area (Å²) < 4.78 is 0. The maximum atomic E-state index is 12.8. The Labute approximate surface area is 165 Å². The van der Waals surface area contributed by atoms with Gasteiger partial charge in [0.1, 0.15) is 0 Å². The molecule has 1 amide bonds. The summed E-state index contributed by atoms with van der Waals surface area (Å²) in [6.45, 7) is 5.03. The van der Waals surface area contributed by atoms with Gasteiger partial charge < -0.3 is 4.90 Å². The van der Waals surface area contributed by atoms with Gasteiger partial charge in [-0.2, -0.15) is 0 Å². The normalized spacial score (nSPS) is 14.1. The second kappa shape index (κ2) is 7.93. The summed E-state index contributed by atoms with van der Waals surface area (Å²) in [5.74, 6) is 0.548. The number of hydrogen-bond donors (Lipinski definition) is 0. The van der Waals surface area contributed by atoms with Gasteiger partial charge in [0, 0.05) is 18.7 Å². The summed E-state index contributed by atoms with van der Waals surface area (Å²) in [6.07, 6.45) is 7.26. The first-order valence-electron chi connectivity index (χ1n) is 9.89. The Morgan fingerprint density at radius 1 is 1.11 bits per heavy atom. The summed E-state index contributed by atoms with van der Waals surface area (Å²) in [6, 6.07) is 16.7. The van der Waals surface area contributed by atoms with Crippen LogP contribution in [0.3, 0.4) is 0 Å². The van der Waals surface area contributed by atoms with Gasteiger partial charge in [0.25, 0.3) is 0 Å². The van der Waals surface area contributed by atoms with Gasteiger partial charge in [-0.25, -0.2) is 4.98 Å². The molecule has 1 saturated carbocycles. The highest BCUT2D eigenvalue weighted by Crippen LogP contribution is 2.29. The second-order valence-corrected chi connectivity index (χ2v) is 7.71. The standard InChI is InChI=1S/C24H25N3O/c1-17(2)19-9-7-18(8-10-19)16-27(21-12-13-21)24(28)14-11-20-15-25-22-5-3-4-6-23(22)26-20/h3-11,14-15,17,21H,12-13,16H2,1-2H3/b14-11+. The van der Waals surface area contributed by atoms with Crippen LogP contribution in [0.15, 0.2) is 60.8 Å². The minimum atomic E-state index is 0.0328. The van der Waals surface area contributed by atoms with Crippen LogP contribution in [-0.2, 0) is 11.3 Å². The van der Waals surface area contributed by atoms with Crippen molar-refractivity contribution < 1.29 is 4.79 Å². The molecule has 3 aromatic rings. The van der Waals surface area contributed by atoms with Crippen molar-refractivity contribution in [1.82, 2.24) is 14.9 Å². The van der Waals surface area contributed by atoms with E-state index in [0.717, 1.165) is 23.9 Å². The van der Waals surface area contributed by atoms with Crippen LogP contribution in [0.1, 0.15) is 49.4 Å². The van der Waals surface area contributed by atoms with Crippen LogP contribution in [0.25, 0.3) is 17.1 Å².